The summed E-state index contributed by atoms with van der Waals surface area (Å²) in [6.07, 6.45) is 3.20. The van der Waals surface area contributed by atoms with Gasteiger partial charge in [-0.05, 0) is 56.1 Å². The van der Waals surface area contributed by atoms with Gasteiger partial charge in [0.15, 0.2) is 5.78 Å². The van der Waals surface area contributed by atoms with Crippen molar-refractivity contribution in [3.63, 3.8) is 0 Å². The molecule has 0 amide bonds. The first-order valence-electron chi connectivity index (χ1n) is 8.79. The van der Waals surface area contributed by atoms with Gasteiger partial charge in [-0.15, -0.1) is 0 Å². The van der Waals surface area contributed by atoms with Gasteiger partial charge in [0, 0.05) is 11.6 Å². The average molecular weight is 339 g/mol. The summed E-state index contributed by atoms with van der Waals surface area (Å²) in [5.74, 6) is 0.500. The van der Waals surface area contributed by atoms with Crippen LogP contribution in [0.3, 0.4) is 0 Å². The molecule has 1 heterocycles. The summed E-state index contributed by atoms with van der Waals surface area (Å²) in [6, 6.07) is 12.7. The number of para-hydroxylation sites is 1. The second-order valence-corrected chi connectivity index (χ2v) is 6.44. The van der Waals surface area contributed by atoms with Crippen LogP contribution in [0.5, 0.6) is 5.75 Å². The molecule has 0 aromatic heterocycles. The Hall–Kier alpha value is -2.53. The highest BCUT2D eigenvalue weighted by atomic mass is 16.5. The van der Waals surface area contributed by atoms with Crippen molar-refractivity contribution in [2.75, 3.05) is 18.0 Å². The van der Waals surface area contributed by atoms with Crippen LogP contribution in [0.15, 0.2) is 42.5 Å². The van der Waals surface area contributed by atoms with Gasteiger partial charge in [0.1, 0.15) is 11.9 Å². The Morgan fingerprint density at radius 1 is 1.24 bits per heavy atom. The van der Waals surface area contributed by atoms with E-state index in [9.17, 15) is 4.79 Å². The number of ether oxygens (including phenoxy) is 1. The van der Waals surface area contributed by atoms with E-state index in [-0.39, 0.29) is 11.9 Å². The van der Waals surface area contributed by atoms with Crippen LogP contribution >= 0.6 is 0 Å². The second kappa shape index (κ2) is 7.57. The van der Waals surface area contributed by atoms with E-state index in [1.54, 1.807) is 24.3 Å². The normalized spacial score (nSPS) is 18.0. The molecule has 1 saturated heterocycles. The Morgan fingerprint density at radius 3 is 2.72 bits per heavy atom. The van der Waals surface area contributed by atoms with Gasteiger partial charge in [-0.1, -0.05) is 19.1 Å². The van der Waals surface area contributed by atoms with Crippen molar-refractivity contribution >= 4 is 17.2 Å². The molecule has 1 aliphatic rings. The van der Waals surface area contributed by atoms with Crippen LogP contribution in [-0.2, 0) is 0 Å². The maximum Gasteiger partial charge on any atom is 0.196 e. The van der Waals surface area contributed by atoms with Gasteiger partial charge in [0.05, 0.1) is 16.9 Å². The molecule has 0 bridgehead atoms. The lowest BCUT2D eigenvalue weighted by Gasteiger charge is -2.25. The molecule has 2 unspecified atom stereocenters. The minimum atomic E-state index is -0.114. The molecule has 0 radical (unpaired) electrons. The Bertz CT molecular complexity index is 754. The van der Waals surface area contributed by atoms with E-state index < -0.39 is 0 Å². The van der Waals surface area contributed by atoms with Gasteiger partial charge >= 0.3 is 0 Å². The average Bonchev–Trinajstić information content (AvgIpc) is 3.16. The van der Waals surface area contributed by atoms with Crippen LogP contribution in [0.25, 0.3) is 0 Å². The third-order valence-electron chi connectivity index (χ3n) is 4.71. The van der Waals surface area contributed by atoms with Gasteiger partial charge in [-0.25, -0.2) is 0 Å². The molecule has 5 nitrogen and oxygen atoms in total. The van der Waals surface area contributed by atoms with Gasteiger partial charge in [-0.3, -0.25) is 4.79 Å². The Kier molecular flexibility index (Phi) is 5.24. The quantitative estimate of drug-likeness (QED) is 0.556. The Balaban J connectivity index is 1.86. The molecular formula is C20H25N3O2. The van der Waals surface area contributed by atoms with E-state index in [0.29, 0.717) is 34.3 Å². The predicted octanol–water partition coefficient (Wildman–Crippen LogP) is 2.99. The van der Waals surface area contributed by atoms with E-state index in [1.807, 2.05) is 18.2 Å². The summed E-state index contributed by atoms with van der Waals surface area (Å²) in [4.78, 5) is 12.9. The molecule has 5 N–H and O–H groups in total. The number of nitrogens with two attached hydrogens (primary N) is 2. The summed E-state index contributed by atoms with van der Waals surface area (Å²) in [5, 5.41) is 3.48. The maximum absolute atomic E-state index is 12.9. The first-order valence-corrected chi connectivity index (χ1v) is 8.79. The number of nitrogen functional groups attached to an aromatic ring is 2. The number of hydrogen-bond acceptors (Lipinski definition) is 5. The smallest absolute Gasteiger partial charge is 0.196 e. The number of ketones is 1. The lowest BCUT2D eigenvalue weighted by molar-refractivity contribution is 0.102. The van der Waals surface area contributed by atoms with Gasteiger partial charge in [0.25, 0.3) is 0 Å². The number of rotatable bonds is 6. The highest BCUT2D eigenvalue weighted by Gasteiger charge is 2.26. The van der Waals surface area contributed by atoms with Crippen LogP contribution in [0.2, 0.25) is 0 Å². The van der Waals surface area contributed by atoms with Crippen molar-refractivity contribution in [1.82, 2.24) is 5.32 Å². The zero-order valence-electron chi connectivity index (χ0n) is 14.5. The molecule has 1 aliphatic heterocycles. The van der Waals surface area contributed by atoms with Crippen LogP contribution in [0, 0.1) is 0 Å². The summed E-state index contributed by atoms with van der Waals surface area (Å²) in [6.45, 7) is 3.13. The first kappa shape index (κ1) is 17.3. The Morgan fingerprint density at radius 2 is 2.04 bits per heavy atom. The molecule has 0 spiro atoms. The molecule has 3 rings (SSSR count). The van der Waals surface area contributed by atoms with E-state index in [1.165, 1.54) is 0 Å². The van der Waals surface area contributed by atoms with Crippen molar-refractivity contribution < 1.29 is 9.53 Å². The van der Waals surface area contributed by atoms with Crippen molar-refractivity contribution in [2.45, 2.75) is 38.3 Å². The standard InChI is InChI=1S/C20H25N3O2/c1-2-18(17-7-5-11-23-17)25-19-8-4-3-6-14(19)20(24)13-9-10-15(21)16(22)12-13/h3-4,6,8-10,12,17-18,23H,2,5,7,11,21-22H2,1H3. The highest BCUT2D eigenvalue weighted by Crippen LogP contribution is 2.27. The molecule has 25 heavy (non-hydrogen) atoms. The van der Waals surface area contributed by atoms with Gasteiger partial charge < -0.3 is 21.5 Å². The third-order valence-corrected chi connectivity index (χ3v) is 4.71. The molecule has 0 aliphatic carbocycles. The molecule has 5 heteroatoms. The number of hydrogen-bond donors (Lipinski definition) is 3. The van der Waals surface area contributed by atoms with E-state index in [4.69, 9.17) is 16.2 Å². The fourth-order valence-electron chi connectivity index (χ4n) is 3.27. The fourth-order valence-corrected chi connectivity index (χ4v) is 3.27. The number of benzene rings is 2. The van der Waals surface area contributed by atoms with Crippen molar-refractivity contribution in [3.05, 3.63) is 53.6 Å². The largest absolute Gasteiger partial charge is 0.488 e. The van der Waals surface area contributed by atoms with Gasteiger partial charge in [0.2, 0.25) is 0 Å². The minimum absolute atomic E-state index is 0.0490. The molecule has 132 valence electrons. The van der Waals surface area contributed by atoms with Crippen LogP contribution < -0.4 is 21.5 Å². The number of nitrogens with one attached hydrogen (secondary N) is 1. The van der Waals surface area contributed by atoms with Crippen LogP contribution in [0.4, 0.5) is 11.4 Å². The summed E-state index contributed by atoms with van der Waals surface area (Å²) < 4.78 is 6.24. The first-order chi connectivity index (χ1) is 12.1. The molecule has 2 aromatic carbocycles. The predicted molar refractivity (Wildman–Crippen MR) is 101 cm³/mol. The molecule has 0 saturated carbocycles. The zero-order valence-corrected chi connectivity index (χ0v) is 14.5. The molecule has 1 fully saturated rings. The zero-order chi connectivity index (χ0) is 17.8. The topological polar surface area (TPSA) is 90.4 Å². The monoisotopic (exact) mass is 339 g/mol. The van der Waals surface area contributed by atoms with Crippen LogP contribution in [0.1, 0.15) is 42.1 Å². The molecular weight excluding hydrogens is 314 g/mol. The van der Waals surface area contributed by atoms with E-state index in [2.05, 4.69) is 12.2 Å². The van der Waals surface area contributed by atoms with Crippen molar-refractivity contribution in [1.29, 1.82) is 0 Å². The van der Waals surface area contributed by atoms with Crippen molar-refractivity contribution in [2.24, 2.45) is 0 Å². The van der Waals surface area contributed by atoms with Crippen LogP contribution in [-0.4, -0.2) is 24.5 Å². The summed E-state index contributed by atoms with van der Waals surface area (Å²) in [5.41, 5.74) is 13.5. The Labute approximate surface area is 148 Å². The lowest BCUT2D eigenvalue weighted by atomic mass is 10.0. The maximum atomic E-state index is 12.9. The summed E-state index contributed by atoms with van der Waals surface area (Å²) in [7, 11) is 0. The number of anilines is 2. The van der Waals surface area contributed by atoms with Gasteiger partial charge in [-0.2, -0.15) is 0 Å². The van der Waals surface area contributed by atoms with E-state index in [0.717, 1.165) is 25.8 Å². The SMILES string of the molecule is CCC(Oc1ccccc1C(=O)c1ccc(N)c(N)c1)C1CCCN1. The number of carbonyl (C=O) groups is 1. The van der Waals surface area contributed by atoms with E-state index >= 15 is 0 Å². The summed E-state index contributed by atoms with van der Waals surface area (Å²) >= 11 is 0. The highest BCUT2D eigenvalue weighted by molar-refractivity contribution is 6.11. The lowest BCUT2D eigenvalue weighted by Crippen LogP contribution is -2.38. The minimum Gasteiger partial charge on any atom is -0.488 e. The van der Waals surface area contributed by atoms with Crippen molar-refractivity contribution in [3.8, 4) is 5.75 Å². The molecule has 2 atom stereocenters. The fraction of sp³-hybridized carbons (Fsp3) is 0.350. The molecule has 2 aromatic rings. The number of carbonyl (C=O) groups excluding carboxylic acids is 1. The third kappa shape index (κ3) is 3.77. The second-order valence-electron chi connectivity index (χ2n) is 6.44.